The molecule has 0 radical (unpaired) electrons. The maximum Gasteiger partial charge on any atom is 0.330 e. The Morgan fingerprint density at radius 1 is 0.935 bits per heavy atom. The first-order valence-electron chi connectivity index (χ1n) is 9.69. The van der Waals surface area contributed by atoms with Crippen LogP contribution in [0.1, 0.15) is 22.0 Å². The number of benzene rings is 3. The lowest BCUT2D eigenvalue weighted by Crippen LogP contribution is -2.33. The van der Waals surface area contributed by atoms with Gasteiger partial charge in [-0.3, -0.25) is 4.79 Å². The fourth-order valence-corrected chi connectivity index (χ4v) is 3.42. The maximum absolute atomic E-state index is 13.3. The Hall–Kier alpha value is -4.19. The van der Waals surface area contributed by atoms with Crippen LogP contribution in [0.3, 0.4) is 0 Å². The van der Waals surface area contributed by atoms with Crippen molar-refractivity contribution in [2.45, 2.75) is 6.04 Å². The van der Waals surface area contributed by atoms with Gasteiger partial charge in [-0.2, -0.15) is 0 Å². The number of hydrogen-bond acceptors (Lipinski definition) is 4. The number of fused-ring (bicyclic) bond motifs is 1. The number of pyridine rings is 1. The molecule has 1 amide bonds. The molecule has 4 aromatic rings. The van der Waals surface area contributed by atoms with Gasteiger partial charge < -0.3 is 15.2 Å². The van der Waals surface area contributed by atoms with Crippen LogP contribution in [-0.2, 0) is 4.79 Å². The van der Waals surface area contributed by atoms with Gasteiger partial charge in [0.05, 0.1) is 23.9 Å². The van der Waals surface area contributed by atoms with Gasteiger partial charge in [-0.25, -0.2) is 9.78 Å². The number of nitrogens with one attached hydrogen (secondary N) is 1. The zero-order valence-electron chi connectivity index (χ0n) is 16.8. The number of carboxylic acids is 1. The molecule has 0 aliphatic heterocycles. The molecule has 0 fully saturated rings. The molecule has 3 aromatic carbocycles. The number of carboxylic acid groups (broad SMARTS) is 1. The highest BCUT2D eigenvalue weighted by Crippen LogP contribution is 2.28. The van der Waals surface area contributed by atoms with Crippen LogP contribution in [0.2, 0.25) is 0 Å². The normalized spacial score (nSPS) is 11.6. The Labute approximate surface area is 179 Å². The third-order valence-electron chi connectivity index (χ3n) is 4.99. The van der Waals surface area contributed by atoms with E-state index in [0.29, 0.717) is 33.5 Å². The summed E-state index contributed by atoms with van der Waals surface area (Å²) in [6, 6.07) is 23.9. The smallest absolute Gasteiger partial charge is 0.330 e. The zero-order chi connectivity index (χ0) is 21.8. The molecule has 2 N–H and O–H groups in total. The molecule has 0 saturated heterocycles. The Balaban J connectivity index is 1.81. The van der Waals surface area contributed by atoms with Crippen molar-refractivity contribution < 1.29 is 19.4 Å². The fraction of sp³-hybridized carbons (Fsp3) is 0.0800. The molecule has 0 unspecified atom stereocenters. The van der Waals surface area contributed by atoms with Crippen molar-refractivity contribution in [2.75, 3.05) is 7.11 Å². The number of amides is 1. The first-order chi connectivity index (χ1) is 15.1. The van der Waals surface area contributed by atoms with E-state index in [1.807, 2.05) is 30.3 Å². The summed E-state index contributed by atoms with van der Waals surface area (Å²) in [6.45, 7) is 0. The van der Waals surface area contributed by atoms with Crippen molar-refractivity contribution in [3.63, 3.8) is 0 Å². The second kappa shape index (κ2) is 8.67. The molecule has 0 bridgehead atoms. The van der Waals surface area contributed by atoms with Gasteiger partial charge in [-0.1, -0.05) is 60.7 Å². The molecular weight excluding hydrogens is 392 g/mol. The maximum atomic E-state index is 13.3. The molecule has 0 aliphatic carbocycles. The highest BCUT2D eigenvalue weighted by molar-refractivity contribution is 6.08. The van der Waals surface area contributed by atoms with Crippen LogP contribution in [0.25, 0.3) is 22.2 Å². The minimum Gasteiger partial charge on any atom is -0.497 e. The quantitative estimate of drug-likeness (QED) is 0.488. The molecule has 6 heteroatoms. The van der Waals surface area contributed by atoms with Gasteiger partial charge in [-0.05, 0) is 23.8 Å². The second-order valence-corrected chi connectivity index (χ2v) is 6.96. The van der Waals surface area contributed by atoms with Gasteiger partial charge in [0.2, 0.25) is 0 Å². The van der Waals surface area contributed by atoms with E-state index >= 15 is 0 Å². The summed E-state index contributed by atoms with van der Waals surface area (Å²) in [5, 5.41) is 13.0. The summed E-state index contributed by atoms with van der Waals surface area (Å²) < 4.78 is 5.30. The van der Waals surface area contributed by atoms with Crippen molar-refractivity contribution in [3.05, 3.63) is 96.1 Å². The van der Waals surface area contributed by atoms with E-state index in [0.717, 1.165) is 5.56 Å². The Bertz CT molecular complexity index is 1240. The first-order valence-corrected chi connectivity index (χ1v) is 9.69. The summed E-state index contributed by atoms with van der Waals surface area (Å²) in [4.78, 5) is 29.8. The van der Waals surface area contributed by atoms with Crippen molar-refractivity contribution in [1.82, 2.24) is 10.3 Å². The number of hydrogen-bond donors (Lipinski definition) is 2. The Morgan fingerprint density at radius 2 is 1.61 bits per heavy atom. The van der Waals surface area contributed by atoms with Crippen molar-refractivity contribution >= 4 is 22.8 Å². The predicted octanol–water partition coefficient (Wildman–Crippen LogP) is 4.47. The van der Waals surface area contributed by atoms with E-state index in [2.05, 4.69) is 5.32 Å². The summed E-state index contributed by atoms with van der Waals surface area (Å²) in [5.41, 5.74) is 2.87. The molecular formula is C25H20N2O4. The van der Waals surface area contributed by atoms with Crippen LogP contribution in [0.4, 0.5) is 0 Å². The average Bonchev–Trinajstić information content (AvgIpc) is 2.82. The van der Waals surface area contributed by atoms with Crippen molar-refractivity contribution in [2.24, 2.45) is 0 Å². The molecule has 1 heterocycles. The third-order valence-corrected chi connectivity index (χ3v) is 4.99. The molecule has 6 nitrogen and oxygen atoms in total. The molecule has 154 valence electrons. The third kappa shape index (κ3) is 4.23. The van der Waals surface area contributed by atoms with Gasteiger partial charge in [0.15, 0.2) is 6.04 Å². The summed E-state index contributed by atoms with van der Waals surface area (Å²) in [7, 11) is 1.56. The summed E-state index contributed by atoms with van der Waals surface area (Å²) >= 11 is 0. The van der Waals surface area contributed by atoms with E-state index in [9.17, 15) is 14.7 Å². The van der Waals surface area contributed by atoms with E-state index < -0.39 is 17.9 Å². The number of nitrogens with zero attached hydrogens (tertiary/aromatic N) is 1. The number of rotatable bonds is 6. The average molecular weight is 412 g/mol. The molecule has 0 spiro atoms. The molecule has 0 saturated carbocycles. The van der Waals surface area contributed by atoms with E-state index in [-0.39, 0.29) is 0 Å². The van der Waals surface area contributed by atoms with Gasteiger partial charge in [-0.15, -0.1) is 0 Å². The van der Waals surface area contributed by atoms with Gasteiger partial charge >= 0.3 is 5.97 Å². The summed E-state index contributed by atoms with van der Waals surface area (Å²) in [5.74, 6) is -1.02. The molecule has 1 aromatic heterocycles. The number of methoxy groups -OCH3 is 1. The van der Waals surface area contributed by atoms with Crippen LogP contribution in [0, 0.1) is 0 Å². The fourth-order valence-electron chi connectivity index (χ4n) is 3.42. The topological polar surface area (TPSA) is 88.5 Å². The van der Waals surface area contributed by atoms with Gasteiger partial charge in [0, 0.05) is 17.0 Å². The van der Waals surface area contributed by atoms with E-state index in [1.165, 1.54) is 0 Å². The Kier molecular flexibility index (Phi) is 5.62. The highest BCUT2D eigenvalue weighted by Gasteiger charge is 2.24. The number of ether oxygens (including phenoxy) is 1. The van der Waals surface area contributed by atoms with Crippen LogP contribution >= 0.6 is 0 Å². The minimum absolute atomic E-state index is 0.341. The highest BCUT2D eigenvalue weighted by atomic mass is 16.5. The van der Waals surface area contributed by atoms with Crippen molar-refractivity contribution in [1.29, 1.82) is 0 Å². The van der Waals surface area contributed by atoms with Crippen molar-refractivity contribution in [3.8, 4) is 17.0 Å². The standard InChI is InChI=1S/C25H20N2O4/c1-31-18-12-13-19-20(15-21(26-22(19)14-18)16-8-4-2-5-9-16)24(28)27-23(25(29)30)17-10-6-3-7-11-17/h2-15,23H,1H3,(H,27,28)(H,29,30)/t23-/m1/s1. The largest absolute Gasteiger partial charge is 0.497 e. The first kappa shape index (κ1) is 20.1. The SMILES string of the molecule is COc1ccc2c(C(=O)N[C@@H](C(=O)O)c3ccccc3)cc(-c3ccccc3)nc2c1. The number of aliphatic carboxylic acids is 1. The van der Waals surface area contributed by atoms with Crippen LogP contribution in [0.5, 0.6) is 5.75 Å². The lowest BCUT2D eigenvalue weighted by Gasteiger charge is -2.16. The summed E-state index contributed by atoms with van der Waals surface area (Å²) in [6.07, 6.45) is 0. The van der Waals surface area contributed by atoms with Crippen LogP contribution in [-0.4, -0.2) is 29.1 Å². The molecule has 0 aliphatic rings. The second-order valence-electron chi connectivity index (χ2n) is 6.96. The van der Waals surface area contributed by atoms with E-state index in [4.69, 9.17) is 9.72 Å². The van der Waals surface area contributed by atoms with Gasteiger partial charge in [0.1, 0.15) is 5.75 Å². The van der Waals surface area contributed by atoms with Gasteiger partial charge in [0.25, 0.3) is 5.91 Å². The lowest BCUT2D eigenvalue weighted by atomic mass is 10.0. The zero-order valence-corrected chi connectivity index (χ0v) is 16.8. The van der Waals surface area contributed by atoms with E-state index in [1.54, 1.807) is 61.7 Å². The van der Waals surface area contributed by atoms with Crippen LogP contribution < -0.4 is 10.1 Å². The molecule has 31 heavy (non-hydrogen) atoms. The molecule has 1 atom stereocenters. The number of aromatic nitrogens is 1. The Morgan fingerprint density at radius 3 is 2.26 bits per heavy atom. The minimum atomic E-state index is -1.17. The predicted molar refractivity (Wildman–Crippen MR) is 118 cm³/mol. The van der Waals surface area contributed by atoms with Crippen LogP contribution in [0.15, 0.2) is 84.9 Å². The number of carbonyl (C=O) groups excluding carboxylic acids is 1. The molecule has 4 rings (SSSR count). The number of carbonyl (C=O) groups is 2. The monoisotopic (exact) mass is 412 g/mol. The lowest BCUT2D eigenvalue weighted by molar-refractivity contribution is -0.139.